The van der Waals surface area contributed by atoms with Crippen molar-refractivity contribution in [2.45, 2.75) is 0 Å². The largest absolute Gasteiger partial charge is 0.294 e. The predicted octanol–water partition coefficient (Wildman–Crippen LogP) is 3.38. The van der Waals surface area contributed by atoms with Crippen LogP contribution in [-0.2, 0) is 0 Å². The molecule has 0 amide bonds. The van der Waals surface area contributed by atoms with Crippen molar-refractivity contribution in [2.75, 3.05) is 0 Å². The number of imidazole rings is 1. The molecule has 0 unspecified atom stereocenters. The van der Waals surface area contributed by atoms with Crippen molar-refractivity contribution >= 4 is 28.8 Å². The molecule has 0 saturated carbocycles. The van der Waals surface area contributed by atoms with Crippen LogP contribution in [0.4, 0.5) is 8.78 Å². The molecule has 0 spiro atoms. The molecule has 0 aliphatic rings. The van der Waals surface area contributed by atoms with E-state index in [9.17, 15) is 8.78 Å². The molecule has 19 heavy (non-hydrogen) atoms. The highest BCUT2D eigenvalue weighted by Crippen LogP contribution is 2.24. The Hall–Kier alpha value is -1.79. The number of rotatable bonds is 1. The summed E-state index contributed by atoms with van der Waals surface area (Å²) in [5, 5.41) is -0.803. The first-order chi connectivity index (χ1) is 9.06. The second kappa shape index (κ2) is 4.40. The number of hydrogen-bond donors (Lipinski definition) is 0. The fourth-order valence-corrected chi connectivity index (χ4v) is 2.02. The van der Waals surface area contributed by atoms with Gasteiger partial charge in [-0.3, -0.25) is 4.40 Å². The van der Waals surface area contributed by atoms with E-state index in [0.717, 1.165) is 0 Å². The molecule has 4 nitrogen and oxygen atoms in total. The standard InChI is InChI=1S/C11H4Cl2F2N4/c12-9-8(15)10(13)18-11(17-9)6-3-16-7-2-1-5(14)4-19(6)7/h1-4H. The molecule has 3 aromatic heterocycles. The van der Waals surface area contributed by atoms with E-state index in [1.165, 1.54) is 28.9 Å². The third-order valence-electron chi connectivity index (χ3n) is 2.47. The van der Waals surface area contributed by atoms with Gasteiger partial charge in [-0.15, -0.1) is 0 Å². The predicted molar refractivity (Wildman–Crippen MR) is 66.2 cm³/mol. The van der Waals surface area contributed by atoms with Crippen molar-refractivity contribution < 1.29 is 8.78 Å². The Morgan fingerprint density at radius 3 is 2.42 bits per heavy atom. The molecular weight excluding hydrogens is 297 g/mol. The molecule has 0 aromatic carbocycles. The lowest BCUT2D eigenvalue weighted by Crippen LogP contribution is -1.97. The number of hydrogen-bond acceptors (Lipinski definition) is 3. The summed E-state index contributed by atoms with van der Waals surface area (Å²) < 4.78 is 27.9. The highest BCUT2D eigenvalue weighted by atomic mass is 35.5. The Morgan fingerprint density at radius 2 is 1.74 bits per heavy atom. The highest BCUT2D eigenvalue weighted by molar-refractivity contribution is 6.33. The highest BCUT2D eigenvalue weighted by Gasteiger charge is 2.15. The van der Waals surface area contributed by atoms with Gasteiger partial charge in [-0.1, -0.05) is 23.2 Å². The fraction of sp³-hybridized carbons (Fsp3) is 0. The molecule has 3 rings (SSSR count). The molecule has 0 radical (unpaired) electrons. The summed E-state index contributed by atoms with van der Waals surface area (Å²) >= 11 is 11.2. The Kier molecular flexibility index (Phi) is 2.83. The van der Waals surface area contributed by atoms with E-state index in [2.05, 4.69) is 15.0 Å². The van der Waals surface area contributed by atoms with Crippen molar-refractivity contribution in [3.63, 3.8) is 0 Å². The zero-order valence-electron chi connectivity index (χ0n) is 9.11. The molecule has 0 aliphatic heterocycles. The maximum atomic E-state index is 13.3. The summed E-state index contributed by atoms with van der Waals surface area (Å²) in [6, 6.07) is 2.77. The lowest BCUT2D eigenvalue weighted by Gasteiger charge is -2.03. The first-order valence-corrected chi connectivity index (χ1v) is 5.83. The van der Waals surface area contributed by atoms with Crippen LogP contribution < -0.4 is 0 Å². The van der Waals surface area contributed by atoms with E-state index in [0.29, 0.717) is 11.3 Å². The smallest absolute Gasteiger partial charge is 0.197 e. The van der Waals surface area contributed by atoms with Crippen LogP contribution in [0, 0.1) is 11.6 Å². The number of nitrogens with zero attached hydrogens (tertiary/aromatic N) is 4. The molecular formula is C11H4Cl2F2N4. The van der Waals surface area contributed by atoms with E-state index in [1.54, 1.807) is 0 Å². The van der Waals surface area contributed by atoms with E-state index in [-0.39, 0.29) is 5.82 Å². The average Bonchev–Trinajstić information content (AvgIpc) is 2.78. The molecule has 8 heteroatoms. The van der Waals surface area contributed by atoms with Crippen LogP contribution in [0.3, 0.4) is 0 Å². The molecule has 0 fully saturated rings. The zero-order valence-corrected chi connectivity index (χ0v) is 10.6. The van der Waals surface area contributed by atoms with Gasteiger partial charge in [0.15, 0.2) is 21.9 Å². The van der Waals surface area contributed by atoms with Crippen LogP contribution in [0.1, 0.15) is 0 Å². The summed E-state index contributed by atoms with van der Waals surface area (Å²) in [6.45, 7) is 0. The number of aromatic nitrogens is 4. The molecule has 3 heterocycles. The zero-order chi connectivity index (χ0) is 13.6. The monoisotopic (exact) mass is 300 g/mol. The van der Waals surface area contributed by atoms with Gasteiger partial charge in [0.2, 0.25) is 0 Å². The summed E-state index contributed by atoms with van der Waals surface area (Å²) in [7, 11) is 0. The normalized spacial score (nSPS) is 11.2. The number of halogens is 4. The van der Waals surface area contributed by atoms with E-state index >= 15 is 0 Å². The third-order valence-corrected chi connectivity index (χ3v) is 2.97. The average molecular weight is 301 g/mol. The van der Waals surface area contributed by atoms with Crippen LogP contribution in [0.15, 0.2) is 24.5 Å². The van der Waals surface area contributed by atoms with Gasteiger partial charge in [-0.2, -0.15) is 0 Å². The Morgan fingerprint density at radius 1 is 1.05 bits per heavy atom. The number of pyridine rings is 1. The lowest BCUT2D eigenvalue weighted by atomic mass is 10.4. The molecule has 0 bridgehead atoms. The first kappa shape index (κ1) is 12.3. The van der Waals surface area contributed by atoms with Gasteiger partial charge in [0.1, 0.15) is 17.2 Å². The van der Waals surface area contributed by atoms with Crippen molar-refractivity contribution in [1.29, 1.82) is 0 Å². The second-order valence-electron chi connectivity index (χ2n) is 3.66. The van der Waals surface area contributed by atoms with E-state index < -0.39 is 21.9 Å². The molecule has 96 valence electrons. The summed E-state index contributed by atoms with van der Waals surface area (Å²) in [6.07, 6.45) is 2.64. The SMILES string of the molecule is Fc1ccc2ncc(-c3nc(Cl)c(F)c(Cl)n3)n2c1. The van der Waals surface area contributed by atoms with Crippen LogP contribution in [-0.4, -0.2) is 19.4 Å². The Labute approximate surface area is 115 Å². The third kappa shape index (κ3) is 2.02. The minimum absolute atomic E-state index is 0.0644. The maximum Gasteiger partial charge on any atom is 0.197 e. The first-order valence-electron chi connectivity index (χ1n) is 5.08. The minimum Gasteiger partial charge on any atom is -0.294 e. The maximum absolute atomic E-state index is 13.3. The van der Waals surface area contributed by atoms with Gasteiger partial charge in [0, 0.05) is 6.20 Å². The van der Waals surface area contributed by atoms with Crippen molar-refractivity contribution in [3.05, 3.63) is 46.5 Å². The van der Waals surface area contributed by atoms with Gasteiger partial charge in [0.05, 0.1) is 6.20 Å². The van der Waals surface area contributed by atoms with E-state index in [1.807, 2.05) is 0 Å². The van der Waals surface area contributed by atoms with Gasteiger partial charge >= 0.3 is 0 Å². The van der Waals surface area contributed by atoms with Gasteiger partial charge in [0.25, 0.3) is 0 Å². The quantitative estimate of drug-likeness (QED) is 0.647. The van der Waals surface area contributed by atoms with Crippen LogP contribution in [0.2, 0.25) is 10.3 Å². The van der Waals surface area contributed by atoms with Gasteiger partial charge in [-0.25, -0.2) is 23.7 Å². The number of fused-ring (bicyclic) bond motifs is 1. The van der Waals surface area contributed by atoms with Crippen LogP contribution in [0.25, 0.3) is 17.2 Å². The van der Waals surface area contributed by atoms with Crippen molar-refractivity contribution in [1.82, 2.24) is 19.4 Å². The summed E-state index contributed by atoms with van der Waals surface area (Å²) in [5.74, 6) is -1.28. The van der Waals surface area contributed by atoms with Crippen LogP contribution in [0.5, 0.6) is 0 Å². The molecule has 0 atom stereocenters. The lowest BCUT2D eigenvalue weighted by molar-refractivity contribution is 0.614. The van der Waals surface area contributed by atoms with Crippen molar-refractivity contribution in [3.8, 4) is 11.5 Å². The summed E-state index contributed by atoms with van der Waals surface area (Å²) in [4.78, 5) is 11.6. The molecule has 3 aromatic rings. The fourth-order valence-electron chi connectivity index (χ4n) is 1.63. The van der Waals surface area contributed by atoms with E-state index in [4.69, 9.17) is 23.2 Å². The minimum atomic E-state index is -0.896. The molecule has 0 N–H and O–H groups in total. The topological polar surface area (TPSA) is 43.1 Å². The van der Waals surface area contributed by atoms with Crippen molar-refractivity contribution in [2.24, 2.45) is 0 Å². The molecule has 0 aliphatic carbocycles. The Balaban J connectivity index is 2.27. The second-order valence-corrected chi connectivity index (χ2v) is 4.38. The van der Waals surface area contributed by atoms with Crippen LogP contribution >= 0.6 is 23.2 Å². The summed E-state index contributed by atoms with van der Waals surface area (Å²) in [5.41, 5.74) is 0.856. The Bertz CT molecular complexity index is 764. The van der Waals surface area contributed by atoms with Gasteiger partial charge in [-0.05, 0) is 12.1 Å². The molecule has 0 saturated heterocycles. The van der Waals surface area contributed by atoms with Gasteiger partial charge < -0.3 is 0 Å².